The normalized spacial score (nSPS) is 16.1. The zero-order valence-electron chi connectivity index (χ0n) is 21.0. The van der Waals surface area contributed by atoms with Gasteiger partial charge in [-0.2, -0.15) is 0 Å². The summed E-state index contributed by atoms with van der Waals surface area (Å²) in [6.07, 6.45) is 9.83. The first kappa shape index (κ1) is 22.9. The third-order valence-electron chi connectivity index (χ3n) is 7.97. The van der Waals surface area contributed by atoms with Crippen LogP contribution in [0.25, 0.3) is 16.7 Å². The van der Waals surface area contributed by atoms with Gasteiger partial charge in [0.05, 0.1) is 0 Å². The summed E-state index contributed by atoms with van der Waals surface area (Å²) in [5.74, 6) is 1.18. The molecule has 2 aliphatic carbocycles. The average Bonchev–Trinajstić information content (AvgIpc) is 3.24. The predicted molar refractivity (Wildman–Crippen MR) is 147 cm³/mol. The molecule has 0 aromatic heterocycles. The maximum atomic E-state index is 4.29. The number of hydrogen-bond acceptors (Lipinski definition) is 0. The lowest BCUT2D eigenvalue weighted by Gasteiger charge is -2.24. The third kappa shape index (κ3) is 4.83. The van der Waals surface area contributed by atoms with E-state index in [0.717, 1.165) is 19.3 Å². The molecule has 3 aromatic rings. The lowest BCUT2D eigenvalue weighted by atomic mass is 9.81. The number of allylic oxidation sites excluding steroid dienone is 2. The molecule has 34 heavy (non-hydrogen) atoms. The van der Waals surface area contributed by atoms with Crippen molar-refractivity contribution in [1.29, 1.82) is 0 Å². The average molecular weight is 447 g/mol. The van der Waals surface area contributed by atoms with E-state index in [2.05, 4.69) is 87.7 Å². The fourth-order valence-electron chi connectivity index (χ4n) is 5.91. The Morgan fingerprint density at radius 2 is 1.65 bits per heavy atom. The van der Waals surface area contributed by atoms with Crippen molar-refractivity contribution in [2.24, 2.45) is 5.92 Å². The van der Waals surface area contributed by atoms with Crippen LogP contribution in [0.5, 0.6) is 0 Å². The van der Waals surface area contributed by atoms with E-state index in [0.29, 0.717) is 11.8 Å². The van der Waals surface area contributed by atoms with Gasteiger partial charge < -0.3 is 0 Å². The second-order valence-electron chi connectivity index (χ2n) is 10.9. The van der Waals surface area contributed by atoms with Crippen LogP contribution >= 0.6 is 0 Å². The first-order valence-corrected chi connectivity index (χ1v) is 13.2. The molecule has 1 fully saturated rings. The topological polar surface area (TPSA) is 0 Å². The summed E-state index contributed by atoms with van der Waals surface area (Å²) in [7, 11) is 0. The Morgan fingerprint density at radius 3 is 2.38 bits per heavy atom. The lowest BCUT2D eigenvalue weighted by molar-refractivity contribution is 0.443. The molecule has 0 spiro atoms. The summed E-state index contributed by atoms with van der Waals surface area (Å²) in [4.78, 5) is 0. The second-order valence-corrected chi connectivity index (χ2v) is 10.9. The number of fused-ring (bicyclic) bond motifs is 1. The fourth-order valence-corrected chi connectivity index (χ4v) is 5.91. The van der Waals surface area contributed by atoms with Crippen LogP contribution < -0.4 is 0 Å². The first-order valence-electron chi connectivity index (χ1n) is 13.2. The Kier molecular flexibility index (Phi) is 6.59. The van der Waals surface area contributed by atoms with Crippen molar-refractivity contribution in [2.75, 3.05) is 0 Å². The molecular weight excluding hydrogens is 408 g/mol. The summed E-state index contributed by atoms with van der Waals surface area (Å²) in [6.45, 7) is 13.0. The van der Waals surface area contributed by atoms with Crippen molar-refractivity contribution in [2.45, 2.75) is 71.1 Å². The zero-order chi connectivity index (χ0) is 23.7. The third-order valence-corrected chi connectivity index (χ3v) is 7.97. The molecule has 174 valence electrons. The van der Waals surface area contributed by atoms with Crippen LogP contribution in [0.3, 0.4) is 0 Å². The molecule has 1 saturated carbocycles. The van der Waals surface area contributed by atoms with Crippen LogP contribution in [0.4, 0.5) is 0 Å². The van der Waals surface area contributed by atoms with Crippen LogP contribution in [0, 0.1) is 5.92 Å². The highest BCUT2D eigenvalue weighted by Crippen LogP contribution is 2.39. The largest absolute Gasteiger partial charge is 0.0992 e. The standard InChI is InChI=1S/C34H38/c1-23(2)25(4)28-15-13-26(14-16-28)19-27-20-31(29-9-6-5-7-10-29)22-32(21-27)33-12-8-11-30-17-24(3)18-34(30)33/h8,11-16,20-23,29H,3-7,9-10,17-19H2,1-2H3. The van der Waals surface area contributed by atoms with Crippen molar-refractivity contribution >= 4 is 5.57 Å². The van der Waals surface area contributed by atoms with E-state index in [1.54, 1.807) is 5.56 Å². The van der Waals surface area contributed by atoms with E-state index in [1.165, 1.54) is 82.2 Å². The van der Waals surface area contributed by atoms with Crippen LogP contribution in [-0.4, -0.2) is 0 Å². The van der Waals surface area contributed by atoms with E-state index in [1.807, 2.05) is 0 Å². The molecule has 0 nitrogen and oxygen atoms in total. The summed E-state index contributed by atoms with van der Waals surface area (Å²) in [6, 6.07) is 23.4. The van der Waals surface area contributed by atoms with Gasteiger partial charge in [0.15, 0.2) is 0 Å². The number of hydrogen-bond donors (Lipinski definition) is 0. The SMILES string of the molecule is C=C1Cc2cccc(-c3cc(Cc4ccc(C(=C)C(C)C)cc4)cc(C4CCCCC4)c3)c2C1. The van der Waals surface area contributed by atoms with Gasteiger partial charge in [0.1, 0.15) is 0 Å². The first-order chi connectivity index (χ1) is 16.5. The molecule has 0 radical (unpaired) electrons. The molecule has 0 heterocycles. The Hall–Kier alpha value is -2.86. The van der Waals surface area contributed by atoms with Crippen LogP contribution in [0.1, 0.15) is 85.3 Å². The van der Waals surface area contributed by atoms with Crippen molar-refractivity contribution in [3.8, 4) is 11.1 Å². The van der Waals surface area contributed by atoms with Gasteiger partial charge in [0, 0.05) is 0 Å². The van der Waals surface area contributed by atoms with Gasteiger partial charge in [-0.05, 0) is 94.0 Å². The lowest BCUT2D eigenvalue weighted by Crippen LogP contribution is -2.06. The maximum Gasteiger partial charge on any atom is -0.00254 e. The highest BCUT2D eigenvalue weighted by molar-refractivity contribution is 5.72. The number of benzene rings is 3. The zero-order valence-corrected chi connectivity index (χ0v) is 21.0. The smallest absolute Gasteiger partial charge is 0.00254 e. The summed E-state index contributed by atoms with van der Waals surface area (Å²) in [5, 5.41) is 0. The summed E-state index contributed by atoms with van der Waals surface area (Å²) >= 11 is 0. The quantitative estimate of drug-likeness (QED) is 0.331. The molecule has 5 rings (SSSR count). The van der Waals surface area contributed by atoms with Gasteiger partial charge in [-0.15, -0.1) is 0 Å². The molecule has 0 amide bonds. The van der Waals surface area contributed by atoms with Crippen molar-refractivity contribution in [3.63, 3.8) is 0 Å². The molecule has 0 unspecified atom stereocenters. The highest BCUT2D eigenvalue weighted by Gasteiger charge is 2.21. The Morgan fingerprint density at radius 1 is 0.882 bits per heavy atom. The van der Waals surface area contributed by atoms with E-state index in [-0.39, 0.29) is 0 Å². The molecule has 0 aliphatic heterocycles. The second kappa shape index (κ2) is 9.79. The highest BCUT2D eigenvalue weighted by atomic mass is 14.3. The van der Waals surface area contributed by atoms with Crippen LogP contribution in [-0.2, 0) is 19.3 Å². The minimum Gasteiger partial charge on any atom is -0.0992 e. The van der Waals surface area contributed by atoms with E-state index >= 15 is 0 Å². The van der Waals surface area contributed by atoms with Crippen LogP contribution in [0.15, 0.2) is 79.4 Å². The van der Waals surface area contributed by atoms with E-state index < -0.39 is 0 Å². The van der Waals surface area contributed by atoms with Crippen molar-refractivity contribution in [3.05, 3.63) is 113 Å². The fraction of sp³-hybridized carbons (Fsp3) is 0.353. The van der Waals surface area contributed by atoms with E-state index in [4.69, 9.17) is 0 Å². The molecule has 3 aromatic carbocycles. The van der Waals surface area contributed by atoms with Gasteiger partial charge in [-0.3, -0.25) is 0 Å². The van der Waals surface area contributed by atoms with Gasteiger partial charge >= 0.3 is 0 Å². The van der Waals surface area contributed by atoms with Crippen LogP contribution in [0.2, 0.25) is 0 Å². The minimum absolute atomic E-state index is 0.476. The molecule has 0 atom stereocenters. The molecule has 2 aliphatic rings. The minimum atomic E-state index is 0.476. The Balaban J connectivity index is 1.51. The van der Waals surface area contributed by atoms with Gasteiger partial charge in [0.25, 0.3) is 0 Å². The van der Waals surface area contributed by atoms with E-state index in [9.17, 15) is 0 Å². The van der Waals surface area contributed by atoms with Gasteiger partial charge in [-0.1, -0.05) is 113 Å². The van der Waals surface area contributed by atoms with Crippen molar-refractivity contribution in [1.82, 2.24) is 0 Å². The Labute approximate surface area is 206 Å². The number of rotatable bonds is 6. The van der Waals surface area contributed by atoms with Gasteiger partial charge in [0.2, 0.25) is 0 Å². The molecule has 0 saturated heterocycles. The maximum absolute atomic E-state index is 4.29. The molecular formula is C34H38. The molecule has 0 N–H and O–H groups in total. The van der Waals surface area contributed by atoms with Crippen molar-refractivity contribution < 1.29 is 0 Å². The molecule has 0 bridgehead atoms. The molecule has 0 heteroatoms. The summed E-state index contributed by atoms with van der Waals surface area (Å²) in [5.41, 5.74) is 13.9. The monoisotopic (exact) mass is 446 g/mol. The predicted octanol–water partition coefficient (Wildman–Crippen LogP) is 9.32. The Bertz CT molecular complexity index is 1200. The van der Waals surface area contributed by atoms with Gasteiger partial charge in [-0.25, -0.2) is 0 Å². The summed E-state index contributed by atoms with van der Waals surface area (Å²) < 4.78 is 0.